The highest BCUT2D eigenvalue weighted by Crippen LogP contribution is 1.96. The van der Waals surface area contributed by atoms with Crippen molar-refractivity contribution in [1.82, 2.24) is 0 Å². The van der Waals surface area contributed by atoms with Crippen LogP contribution >= 0.6 is 12.1 Å². The minimum Gasteiger partial charge on any atom is -0.412 e. The Morgan fingerprint density at radius 2 is 2.00 bits per heavy atom. The molecular weight excluding hydrogens is 91.1 g/mol. The van der Waals surface area contributed by atoms with Gasteiger partial charge in [0.15, 0.2) is 0 Å². The highest BCUT2D eigenvalue weighted by molar-refractivity contribution is 7.97. The fraction of sp³-hybridized carbons (Fsp3) is 0. The van der Waals surface area contributed by atoms with Gasteiger partial charge in [-0.15, -0.1) is 0 Å². The molecule has 5 heavy (non-hydrogen) atoms. The summed E-state index contributed by atoms with van der Waals surface area (Å²) in [4.78, 5) is 0. The third-order valence-corrected chi connectivity index (χ3v) is 0.189. The van der Waals surface area contributed by atoms with Gasteiger partial charge in [0.2, 0.25) is 0 Å². The van der Waals surface area contributed by atoms with Gasteiger partial charge in [0, 0.05) is 0 Å². The van der Waals surface area contributed by atoms with Crippen LogP contribution in [-0.4, -0.2) is 5.48 Å². The Morgan fingerprint density at radius 3 is 2.00 bits per heavy atom. The molecule has 0 bridgehead atoms. The summed E-state index contributed by atoms with van der Waals surface area (Å²) in [5.41, 5.74) is 0. The Balaban J connectivity index is 0. The Hall–Kier alpha value is -0.0200. The number of hydrogen-bond donors (Lipinski definition) is 0. The maximum Gasteiger partial charge on any atom is 0.0726 e. The number of halogens is 1. The predicted molar refractivity (Wildman–Crippen MR) is 22.5 cm³/mol. The first-order valence-corrected chi connectivity index (χ1v) is 1.58. The quantitative estimate of drug-likeness (QED) is 0.477. The lowest BCUT2D eigenvalue weighted by atomic mass is 11.3. The molecule has 0 spiro atoms. The minimum absolute atomic E-state index is 0. The van der Waals surface area contributed by atoms with Crippen LogP contribution in [0.4, 0.5) is 3.89 Å². The van der Waals surface area contributed by atoms with Gasteiger partial charge < -0.3 is 5.48 Å². The molecule has 0 radical (unpaired) electrons. The third kappa shape index (κ3) is 16.2. The number of hydrogen-bond acceptors (Lipinski definition) is 1. The summed E-state index contributed by atoms with van der Waals surface area (Å²) >= 11 is 0.120. The Bertz CT molecular complexity index is 23.6. The molecule has 3 heteroatoms. The molecule has 0 saturated carbocycles. The zero-order valence-corrected chi connectivity index (χ0v) is 3.39. The van der Waals surface area contributed by atoms with Crippen LogP contribution in [0.3, 0.4) is 0 Å². The molecule has 0 aromatic heterocycles. The molecular formula is C2H5FOS. The molecule has 0 atom stereocenters. The average Bonchev–Trinajstić information content (AvgIpc) is 1.37. The summed E-state index contributed by atoms with van der Waals surface area (Å²) in [6.45, 7) is 3.07. The maximum absolute atomic E-state index is 10.5. The summed E-state index contributed by atoms with van der Waals surface area (Å²) in [6.07, 6.45) is 0. The molecule has 0 aliphatic rings. The monoisotopic (exact) mass is 96.0 g/mol. The summed E-state index contributed by atoms with van der Waals surface area (Å²) in [6, 6.07) is 0. The van der Waals surface area contributed by atoms with Gasteiger partial charge in [-0.25, -0.2) is 0 Å². The van der Waals surface area contributed by atoms with Crippen LogP contribution < -0.4 is 0 Å². The molecule has 0 unspecified atom stereocenters. The van der Waals surface area contributed by atoms with Gasteiger partial charge in [0.1, 0.15) is 0 Å². The smallest absolute Gasteiger partial charge is 0.0726 e. The molecule has 0 aromatic carbocycles. The molecule has 0 aliphatic carbocycles. The predicted octanol–water partition coefficient (Wildman–Crippen LogP) is 0.923. The average molecular weight is 96.1 g/mol. The van der Waals surface area contributed by atoms with E-state index in [-0.39, 0.29) is 17.6 Å². The molecule has 0 amide bonds. The first kappa shape index (κ1) is 8.88. The van der Waals surface area contributed by atoms with Crippen LogP contribution in [0.2, 0.25) is 0 Å². The first-order valence-electron chi connectivity index (χ1n) is 0.798. The van der Waals surface area contributed by atoms with Gasteiger partial charge in [0.05, 0.1) is 12.1 Å². The molecule has 1 nitrogen and oxygen atoms in total. The topological polar surface area (TPSA) is 31.5 Å². The van der Waals surface area contributed by atoms with Crippen LogP contribution in [0.1, 0.15) is 0 Å². The molecule has 0 rings (SSSR count). The fourth-order valence-corrected chi connectivity index (χ4v) is 0. The SMILES string of the molecule is C=CSF.O. The van der Waals surface area contributed by atoms with Gasteiger partial charge in [-0.2, -0.15) is 3.89 Å². The molecule has 0 saturated heterocycles. The molecule has 32 valence electrons. The fourth-order valence-electron chi connectivity index (χ4n) is 0. The van der Waals surface area contributed by atoms with E-state index in [9.17, 15) is 3.89 Å². The van der Waals surface area contributed by atoms with Crippen molar-refractivity contribution < 1.29 is 9.36 Å². The van der Waals surface area contributed by atoms with Crippen molar-refractivity contribution in [2.24, 2.45) is 0 Å². The summed E-state index contributed by atoms with van der Waals surface area (Å²) in [7, 11) is 0. The summed E-state index contributed by atoms with van der Waals surface area (Å²) in [5, 5.41) is 1.12. The second-order valence-electron chi connectivity index (χ2n) is 0.256. The highest BCUT2D eigenvalue weighted by atomic mass is 32.2. The van der Waals surface area contributed by atoms with Crippen LogP contribution in [0.5, 0.6) is 0 Å². The van der Waals surface area contributed by atoms with E-state index in [1.807, 2.05) is 0 Å². The van der Waals surface area contributed by atoms with Gasteiger partial charge >= 0.3 is 0 Å². The van der Waals surface area contributed by atoms with Gasteiger partial charge in [-0.3, -0.25) is 0 Å². The largest absolute Gasteiger partial charge is 0.412 e. The third-order valence-electron chi connectivity index (χ3n) is 0.0630. The Morgan fingerprint density at radius 1 is 1.80 bits per heavy atom. The van der Waals surface area contributed by atoms with Crippen molar-refractivity contribution in [3.8, 4) is 0 Å². The molecule has 0 fully saturated rings. The van der Waals surface area contributed by atoms with Crippen LogP contribution in [-0.2, 0) is 0 Å². The zero-order valence-electron chi connectivity index (χ0n) is 2.57. The summed E-state index contributed by atoms with van der Waals surface area (Å²) < 4.78 is 10.5. The normalized spacial score (nSPS) is 5.00. The standard InChI is InChI=1S/C2H3FS.H2O/c1-2-4-3;/h2H,1H2;1H2. The lowest BCUT2D eigenvalue weighted by molar-refractivity contribution is 0.824. The van der Waals surface area contributed by atoms with E-state index in [4.69, 9.17) is 0 Å². The minimum atomic E-state index is 0. The lowest BCUT2D eigenvalue weighted by Crippen LogP contribution is -1.12. The molecule has 0 heterocycles. The van der Waals surface area contributed by atoms with E-state index in [0.717, 1.165) is 5.41 Å². The van der Waals surface area contributed by atoms with E-state index in [1.54, 1.807) is 0 Å². The molecule has 2 N–H and O–H groups in total. The van der Waals surface area contributed by atoms with Crippen molar-refractivity contribution in [1.29, 1.82) is 0 Å². The Labute approximate surface area is 34.5 Å². The second kappa shape index (κ2) is 9.02. The van der Waals surface area contributed by atoms with Crippen molar-refractivity contribution in [3.63, 3.8) is 0 Å². The van der Waals surface area contributed by atoms with E-state index in [1.165, 1.54) is 0 Å². The first-order chi connectivity index (χ1) is 1.91. The van der Waals surface area contributed by atoms with Gasteiger partial charge in [-0.05, 0) is 5.41 Å². The maximum atomic E-state index is 10.5. The van der Waals surface area contributed by atoms with Crippen LogP contribution in [0.25, 0.3) is 0 Å². The van der Waals surface area contributed by atoms with E-state index >= 15 is 0 Å². The second-order valence-corrected chi connectivity index (χ2v) is 0.767. The van der Waals surface area contributed by atoms with Gasteiger partial charge in [0.25, 0.3) is 0 Å². The molecule has 0 aliphatic heterocycles. The van der Waals surface area contributed by atoms with E-state index in [2.05, 4.69) is 6.58 Å². The number of rotatable bonds is 1. The lowest BCUT2D eigenvalue weighted by Gasteiger charge is -1.52. The van der Waals surface area contributed by atoms with Crippen molar-refractivity contribution in [3.05, 3.63) is 12.0 Å². The van der Waals surface area contributed by atoms with E-state index in [0.29, 0.717) is 0 Å². The van der Waals surface area contributed by atoms with Crippen LogP contribution in [0.15, 0.2) is 12.0 Å². The van der Waals surface area contributed by atoms with Crippen molar-refractivity contribution in [2.45, 2.75) is 0 Å². The van der Waals surface area contributed by atoms with Crippen molar-refractivity contribution >= 4 is 12.1 Å². The highest BCUT2D eigenvalue weighted by Gasteiger charge is 1.51. The van der Waals surface area contributed by atoms with Crippen LogP contribution in [0, 0.1) is 0 Å². The van der Waals surface area contributed by atoms with Crippen molar-refractivity contribution in [2.75, 3.05) is 0 Å². The summed E-state index contributed by atoms with van der Waals surface area (Å²) in [5.74, 6) is 0. The molecule has 0 aromatic rings. The van der Waals surface area contributed by atoms with Gasteiger partial charge in [-0.1, -0.05) is 6.58 Å². The zero-order chi connectivity index (χ0) is 3.41. The van der Waals surface area contributed by atoms with E-state index < -0.39 is 0 Å². The Kier molecular flexibility index (Phi) is 16.0.